The summed E-state index contributed by atoms with van der Waals surface area (Å²) in [6.07, 6.45) is 1.29. The van der Waals surface area contributed by atoms with Crippen LogP contribution in [0.25, 0.3) is 0 Å². The minimum absolute atomic E-state index is 0.0227. The van der Waals surface area contributed by atoms with Crippen molar-refractivity contribution in [3.63, 3.8) is 0 Å². The summed E-state index contributed by atoms with van der Waals surface area (Å²) < 4.78 is 0. The maximum atomic E-state index is 12.0. The van der Waals surface area contributed by atoms with E-state index in [9.17, 15) is 9.59 Å². The average Bonchev–Trinajstić information content (AvgIpc) is 2.56. The fourth-order valence-corrected chi connectivity index (χ4v) is 2.25. The van der Waals surface area contributed by atoms with Gasteiger partial charge in [-0.25, -0.2) is 0 Å². The lowest BCUT2D eigenvalue weighted by molar-refractivity contribution is -0.116. The second-order valence-corrected chi connectivity index (χ2v) is 5.52. The van der Waals surface area contributed by atoms with Crippen molar-refractivity contribution < 1.29 is 9.59 Å². The van der Waals surface area contributed by atoms with Crippen LogP contribution in [0.4, 0.5) is 11.4 Å². The molecule has 0 saturated carbocycles. The van der Waals surface area contributed by atoms with Crippen LogP contribution in [0.15, 0.2) is 54.6 Å². The third kappa shape index (κ3) is 6.22. The van der Waals surface area contributed by atoms with E-state index in [1.54, 1.807) is 24.3 Å². The van der Waals surface area contributed by atoms with Crippen LogP contribution in [-0.2, 0) is 16.1 Å². The molecule has 0 bridgehead atoms. The van der Waals surface area contributed by atoms with E-state index in [1.807, 2.05) is 37.3 Å². The molecule has 0 aliphatic rings. The van der Waals surface area contributed by atoms with Crippen LogP contribution in [0.2, 0.25) is 0 Å². The summed E-state index contributed by atoms with van der Waals surface area (Å²) in [4.78, 5) is 23.6. The highest BCUT2D eigenvalue weighted by Gasteiger charge is 2.05. The fourth-order valence-electron chi connectivity index (χ4n) is 2.25. The normalized spacial score (nSPS) is 10.2. The van der Waals surface area contributed by atoms with Crippen molar-refractivity contribution in [3.8, 4) is 0 Å². The van der Waals surface area contributed by atoms with Crippen LogP contribution in [0.3, 0.4) is 0 Å². The van der Waals surface area contributed by atoms with Crippen molar-refractivity contribution in [2.45, 2.75) is 26.3 Å². The van der Waals surface area contributed by atoms with E-state index in [2.05, 4.69) is 16.0 Å². The highest BCUT2D eigenvalue weighted by molar-refractivity contribution is 5.94. The molecule has 0 aliphatic heterocycles. The number of amides is 2. The van der Waals surface area contributed by atoms with Gasteiger partial charge >= 0.3 is 0 Å². The number of benzene rings is 2. The van der Waals surface area contributed by atoms with Gasteiger partial charge in [0.1, 0.15) is 0 Å². The number of rotatable bonds is 8. The molecule has 2 amide bonds. The topological polar surface area (TPSA) is 70.2 Å². The number of carbonyl (C=O) groups is 2. The Morgan fingerprint density at radius 1 is 0.875 bits per heavy atom. The average molecular weight is 325 g/mol. The Balaban J connectivity index is 1.79. The molecule has 2 aromatic carbocycles. The second-order valence-electron chi connectivity index (χ2n) is 5.52. The largest absolute Gasteiger partial charge is 0.326 e. The number of hydrogen-bond acceptors (Lipinski definition) is 3. The van der Waals surface area contributed by atoms with E-state index in [1.165, 1.54) is 0 Å². The van der Waals surface area contributed by atoms with Crippen molar-refractivity contribution >= 4 is 23.2 Å². The summed E-state index contributed by atoms with van der Waals surface area (Å²) in [6.45, 7) is 2.82. The highest BCUT2D eigenvalue weighted by Crippen LogP contribution is 2.15. The number of hydrogen-bond donors (Lipinski definition) is 3. The predicted molar refractivity (Wildman–Crippen MR) is 96.8 cm³/mol. The maximum absolute atomic E-state index is 12.0. The molecule has 0 saturated heterocycles. The van der Waals surface area contributed by atoms with Crippen molar-refractivity contribution in [1.29, 1.82) is 0 Å². The molecular weight excluding hydrogens is 302 g/mol. The summed E-state index contributed by atoms with van der Waals surface area (Å²) in [6, 6.07) is 17.1. The Labute approximate surface area is 142 Å². The van der Waals surface area contributed by atoms with Gasteiger partial charge in [-0.1, -0.05) is 43.3 Å². The van der Waals surface area contributed by atoms with Gasteiger partial charge in [0.2, 0.25) is 11.8 Å². The first-order valence-corrected chi connectivity index (χ1v) is 8.12. The summed E-state index contributed by atoms with van der Waals surface area (Å²) in [5.41, 5.74) is 2.48. The molecule has 3 N–H and O–H groups in total. The first kappa shape index (κ1) is 17.7. The van der Waals surface area contributed by atoms with Crippen molar-refractivity contribution in [1.82, 2.24) is 5.32 Å². The SMILES string of the molecule is CCCC(=O)Nc1cccc(NC(=O)CNCc2ccccc2)c1. The first-order valence-electron chi connectivity index (χ1n) is 8.12. The van der Waals surface area contributed by atoms with Crippen LogP contribution in [0.5, 0.6) is 0 Å². The smallest absolute Gasteiger partial charge is 0.238 e. The zero-order valence-electron chi connectivity index (χ0n) is 13.8. The standard InChI is InChI=1S/C19H23N3O2/c1-2-7-18(23)21-16-10-6-11-17(12-16)22-19(24)14-20-13-15-8-4-3-5-9-15/h3-6,8-12,20H,2,7,13-14H2,1H3,(H,21,23)(H,22,24). The number of carbonyl (C=O) groups excluding carboxylic acids is 2. The molecule has 2 aromatic rings. The summed E-state index contributed by atoms with van der Waals surface area (Å²) in [7, 11) is 0. The molecule has 0 aliphatic carbocycles. The lowest BCUT2D eigenvalue weighted by Crippen LogP contribution is -2.27. The second kappa shape index (κ2) is 9.47. The Kier molecular flexibility index (Phi) is 6.98. The molecule has 0 spiro atoms. The fraction of sp³-hybridized carbons (Fsp3) is 0.263. The number of anilines is 2. The van der Waals surface area contributed by atoms with E-state index in [-0.39, 0.29) is 18.4 Å². The Hall–Kier alpha value is -2.66. The van der Waals surface area contributed by atoms with Gasteiger partial charge < -0.3 is 16.0 Å². The molecule has 0 fully saturated rings. The van der Waals surface area contributed by atoms with Crippen molar-refractivity contribution in [2.24, 2.45) is 0 Å². The van der Waals surface area contributed by atoms with E-state index >= 15 is 0 Å². The Morgan fingerprint density at radius 3 is 2.21 bits per heavy atom. The van der Waals surface area contributed by atoms with Gasteiger partial charge in [-0.3, -0.25) is 9.59 Å². The molecule has 0 aromatic heterocycles. The minimum atomic E-state index is -0.122. The summed E-state index contributed by atoms with van der Waals surface area (Å²) >= 11 is 0. The molecule has 2 rings (SSSR count). The molecule has 24 heavy (non-hydrogen) atoms. The molecule has 0 heterocycles. The van der Waals surface area contributed by atoms with E-state index in [0.29, 0.717) is 24.3 Å². The molecule has 5 heteroatoms. The summed E-state index contributed by atoms with van der Waals surface area (Å²) in [5, 5.41) is 8.74. The lowest BCUT2D eigenvalue weighted by Gasteiger charge is -2.09. The van der Waals surface area contributed by atoms with Gasteiger partial charge in [-0.05, 0) is 30.2 Å². The van der Waals surface area contributed by atoms with Crippen LogP contribution < -0.4 is 16.0 Å². The number of nitrogens with one attached hydrogen (secondary N) is 3. The summed E-state index contributed by atoms with van der Waals surface area (Å²) in [5.74, 6) is -0.145. The predicted octanol–water partition coefficient (Wildman–Crippen LogP) is 3.15. The monoisotopic (exact) mass is 325 g/mol. The molecule has 5 nitrogen and oxygen atoms in total. The zero-order valence-corrected chi connectivity index (χ0v) is 13.8. The third-order valence-corrected chi connectivity index (χ3v) is 3.36. The maximum Gasteiger partial charge on any atom is 0.238 e. The van der Waals surface area contributed by atoms with Gasteiger partial charge in [0.25, 0.3) is 0 Å². The molecule has 126 valence electrons. The van der Waals surface area contributed by atoms with Gasteiger partial charge in [0, 0.05) is 24.3 Å². The third-order valence-electron chi connectivity index (χ3n) is 3.36. The lowest BCUT2D eigenvalue weighted by atomic mass is 10.2. The van der Waals surface area contributed by atoms with Crippen molar-refractivity contribution in [2.75, 3.05) is 17.2 Å². The van der Waals surface area contributed by atoms with Gasteiger partial charge in [0.05, 0.1) is 6.54 Å². The van der Waals surface area contributed by atoms with Gasteiger partial charge in [-0.15, -0.1) is 0 Å². The molecule has 0 radical (unpaired) electrons. The molecule has 0 atom stereocenters. The van der Waals surface area contributed by atoms with Gasteiger partial charge in [-0.2, -0.15) is 0 Å². The van der Waals surface area contributed by atoms with E-state index < -0.39 is 0 Å². The minimum Gasteiger partial charge on any atom is -0.326 e. The zero-order chi connectivity index (χ0) is 17.2. The van der Waals surface area contributed by atoms with Crippen LogP contribution in [-0.4, -0.2) is 18.4 Å². The van der Waals surface area contributed by atoms with Gasteiger partial charge in [0.15, 0.2) is 0 Å². The Morgan fingerprint density at radius 2 is 1.54 bits per heavy atom. The van der Waals surface area contributed by atoms with E-state index in [0.717, 1.165) is 12.0 Å². The highest BCUT2D eigenvalue weighted by atomic mass is 16.2. The molecular formula is C19H23N3O2. The van der Waals surface area contributed by atoms with Crippen LogP contribution >= 0.6 is 0 Å². The first-order chi connectivity index (χ1) is 11.7. The van der Waals surface area contributed by atoms with E-state index in [4.69, 9.17) is 0 Å². The van der Waals surface area contributed by atoms with Crippen LogP contribution in [0.1, 0.15) is 25.3 Å². The quantitative estimate of drug-likeness (QED) is 0.698. The molecule has 0 unspecified atom stereocenters. The van der Waals surface area contributed by atoms with Crippen molar-refractivity contribution in [3.05, 3.63) is 60.2 Å². The van der Waals surface area contributed by atoms with Crippen LogP contribution in [0, 0.1) is 0 Å². The Bertz CT molecular complexity index is 671.